The average molecular weight is 245 g/mol. The molecular weight excluding hydrogens is 218 g/mol. The molecule has 100 valence electrons. The van der Waals surface area contributed by atoms with Gasteiger partial charge in [0.25, 0.3) is 0 Å². The first-order valence-electron chi connectivity index (χ1n) is 7.48. The number of aryl methyl sites for hydroxylation is 2. The number of rotatable bonds is 3. The Morgan fingerprint density at radius 2 is 1.78 bits per heavy atom. The lowest BCUT2D eigenvalue weighted by Gasteiger charge is -2.23. The summed E-state index contributed by atoms with van der Waals surface area (Å²) < 4.78 is 0. The second-order valence-electron chi connectivity index (χ2n) is 6.05. The van der Waals surface area contributed by atoms with E-state index in [2.05, 4.69) is 32.0 Å². The molecule has 0 spiro atoms. The molecule has 0 bridgehead atoms. The van der Waals surface area contributed by atoms with Crippen LogP contribution < -0.4 is 5.73 Å². The molecule has 1 unspecified atom stereocenters. The fourth-order valence-corrected chi connectivity index (χ4v) is 3.18. The van der Waals surface area contributed by atoms with Gasteiger partial charge >= 0.3 is 0 Å². The highest BCUT2D eigenvalue weighted by molar-refractivity contribution is 5.31. The SMILES string of the molecule is Cc1ccc(C)c(CC(N)C2CCCCCC2)c1. The summed E-state index contributed by atoms with van der Waals surface area (Å²) in [6.07, 6.45) is 9.31. The van der Waals surface area contributed by atoms with E-state index in [9.17, 15) is 0 Å². The Bertz CT molecular complexity index is 375. The zero-order valence-corrected chi connectivity index (χ0v) is 11.9. The molecule has 0 aromatic heterocycles. The van der Waals surface area contributed by atoms with Gasteiger partial charge in [-0.05, 0) is 50.2 Å². The molecule has 1 nitrogen and oxygen atoms in total. The number of hydrogen-bond donors (Lipinski definition) is 1. The molecule has 0 radical (unpaired) electrons. The second kappa shape index (κ2) is 6.38. The zero-order valence-electron chi connectivity index (χ0n) is 11.9. The van der Waals surface area contributed by atoms with Crippen molar-refractivity contribution in [2.24, 2.45) is 11.7 Å². The van der Waals surface area contributed by atoms with Crippen molar-refractivity contribution in [2.75, 3.05) is 0 Å². The maximum atomic E-state index is 6.47. The van der Waals surface area contributed by atoms with Crippen molar-refractivity contribution < 1.29 is 0 Å². The predicted octanol–water partition coefficient (Wildman–Crippen LogP) is 4.14. The largest absolute Gasteiger partial charge is 0.327 e. The van der Waals surface area contributed by atoms with Crippen molar-refractivity contribution in [3.63, 3.8) is 0 Å². The highest BCUT2D eigenvalue weighted by Gasteiger charge is 2.20. The molecule has 0 heterocycles. The third kappa shape index (κ3) is 3.58. The molecule has 2 rings (SSSR count). The number of hydrogen-bond acceptors (Lipinski definition) is 1. The Labute approximate surface area is 112 Å². The monoisotopic (exact) mass is 245 g/mol. The Kier molecular flexibility index (Phi) is 4.82. The summed E-state index contributed by atoms with van der Waals surface area (Å²) in [5.41, 5.74) is 10.7. The molecule has 2 N–H and O–H groups in total. The first-order chi connectivity index (χ1) is 8.66. The lowest BCUT2D eigenvalue weighted by Crippen LogP contribution is -2.32. The molecule has 1 heteroatoms. The molecule has 0 saturated heterocycles. The fraction of sp³-hybridized carbons (Fsp3) is 0.647. The van der Waals surface area contributed by atoms with Crippen LogP contribution in [-0.2, 0) is 6.42 Å². The van der Waals surface area contributed by atoms with Crippen molar-refractivity contribution in [1.29, 1.82) is 0 Å². The van der Waals surface area contributed by atoms with Gasteiger partial charge in [0.1, 0.15) is 0 Å². The maximum absolute atomic E-state index is 6.47. The minimum atomic E-state index is 0.351. The Morgan fingerprint density at radius 1 is 1.11 bits per heavy atom. The number of benzene rings is 1. The summed E-state index contributed by atoms with van der Waals surface area (Å²) in [4.78, 5) is 0. The fourth-order valence-electron chi connectivity index (χ4n) is 3.18. The summed E-state index contributed by atoms with van der Waals surface area (Å²) in [6.45, 7) is 4.37. The molecule has 1 aliphatic carbocycles. The Morgan fingerprint density at radius 3 is 2.44 bits per heavy atom. The molecule has 1 atom stereocenters. The highest BCUT2D eigenvalue weighted by Crippen LogP contribution is 2.26. The van der Waals surface area contributed by atoms with E-state index in [4.69, 9.17) is 5.73 Å². The molecule has 1 aliphatic rings. The zero-order chi connectivity index (χ0) is 13.0. The Balaban J connectivity index is 2.00. The van der Waals surface area contributed by atoms with E-state index in [1.807, 2.05) is 0 Å². The Hall–Kier alpha value is -0.820. The maximum Gasteiger partial charge on any atom is 0.0108 e. The van der Waals surface area contributed by atoms with Crippen LogP contribution in [0, 0.1) is 19.8 Å². The molecule has 18 heavy (non-hydrogen) atoms. The second-order valence-corrected chi connectivity index (χ2v) is 6.05. The standard InChI is InChI=1S/C17H27N/c1-13-9-10-14(2)16(11-13)12-17(18)15-7-5-3-4-6-8-15/h9-11,15,17H,3-8,12,18H2,1-2H3. The van der Waals surface area contributed by atoms with E-state index < -0.39 is 0 Å². The minimum absolute atomic E-state index is 0.351. The van der Waals surface area contributed by atoms with E-state index >= 15 is 0 Å². The molecule has 1 fully saturated rings. The minimum Gasteiger partial charge on any atom is -0.327 e. The van der Waals surface area contributed by atoms with Gasteiger partial charge in [-0.1, -0.05) is 49.4 Å². The van der Waals surface area contributed by atoms with Crippen LogP contribution >= 0.6 is 0 Å². The summed E-state index contributed by atoms with van der Waals surface area (Å²) in [6, 6.07) is 7.08. The summed E-state index contributed by atoms with van der Waals surface area (Å²) in [5.74, 6) is 0.743. The van der Waals surface area contributed by atoms with E-state index in [0.717, 1.165) is 12.3 Å². The highest BCUT2D eigenvalue weighted by atomic mass is 14.6. The van der Waals surface area contributed by atoms with Gasteiger partial charge in [-0.3, -0.25) is 0 Å². The lowest BCUT2D eigenvalue weighted by molar-refractivity contribution is 0.372. The van der Waals surface area contributed by atoms with Crippen LogP contribution in [0.5, 0.6) is 0 Å². The van der Waals surface area contributed by atoms with Gasteiger partial charge in [0, 0.05) is 6.04 Å². The van der Waals surface area contributed by atoms with Crippen molar-refractivity contribution in [1.82, 2.24) is 0 Å². The van der Waals surface area contributed by atoms with Crippen LogP contribution in [-0.4, -0.2) is 6.04 Å². The topological polar surface area (TPSA) is 26.0 Å². The van der Waals surface area contributed by atoms with Crippen LogP contribution in [0.15, 0.2) is 18.2 Å². The first-order valence-corrected chi connectivity index (χ1v) is 7.48. The molecule has 0 amide bonds. The van der Waals surface area contributed by atoms with Crippen molar-refractivity contribution in [3.8, 4) is 0 Å². The molecule has 1 saturated carbocycles. The van der Waals surface area contributed by atoms with Crippen LogP contribution in [0.4, 0.5) is 0 Å². The van der Waals surface area contributed by atoms with E-state index in [1.165, 1.54) is 55.2 Å². The summed E-state index contributed by atoms with van der Waals surface area (Å²) in [5, 5.41) is 0. The third-order valence-corrected chi connectivity index (χ3v) is 4.47. The lowest BCUT2D eigenvalue weighted by atomic mass is 9.87. The first kappa shape index (κ1) is 13.6. The van der Waals surface area contributed by atoms with E-state index in [1.54, 1.807) is 0 Å². The van der Waals surface area contributed by atoms with Crippen molar-refractivity contribution >= 4 is 0 Å². The smallest absolute Gasteiger partial charge is 0.0108 e. The van der Waals surface area contributed by atoms with Gasteiger partial charge in [0.2, 0.25) is 0 Å². The van der Waals surface area contributed by atoms with E-state index in [0.29, 0.717) is 6.04 Å². The van der Waals surface area contributed by atoms with Gasteiger partial charge in [-0.25, -0.2) is 0 Å². The van der Waals surface area contributed by atoms with Gasteiger partial charge in [0.15, 0.2) is 0 Å². The van der Waals surface area contributed by atoms with Crippen LogP contribution in [0.25, 0.3) is 0 Å². The molecule has 1 aromatic rings. The van der Waals surface area contributed by atoms with Crippen LogP contribution in [0.2, 0.25) is 0 Å². The van der Waals surface area contributed by atoms with Crippen LogP contribution in [0.3, 0.4) is 0 Å². The summed E-state index contributed by atoms with van der Waals surface area (Å²) in [7, 11) is 0. The molecule has 1 aromatic carbocycles. The average Bonchev–Trinajstić information content (AvgIpc) is 2.62. The third-order valence-electron chi connectivity index (χ3n) is 4.47. The summed E-state index contributed by atoms with van der Waals surface area (Å²) >= 11 is 0. The quantitative estimate of drug-likeness (QED) is 0.796. The van der Waals surface area contributed by atoms with Gasteiger partial charge in [0.05, 0.1) is 0 Å². The molecular formula is C17H27N. The van der Waals surface area contributed by atoms with Crippen molar-refractivity contribution in [3.05, 3.63) is 34.9 Å². The van der Waals surface area contributed by atoms with Crippen LogP contribution in [0.1, 0.15) is 55.2 Å². The normalized spacial score (nSPS) is 19.5. The van der Waals surface area contributed by atoms with Gasteiger partial charge in [-0.15, -0.1) is 0 Å². The van der Waals surface area contributed by atoms with E-state index in [-0.39, 0.29) is 0 Å². The van der Waals surface area contributed by atoms with Gasteiger partial charge in [-0.2, -0.15) is 0 Å². The number of nitrogens with two attached hydrogens (primary N) is 1. The van der Waals surface area contributed by atoms with Gasteiger partial charge < -0.3 is 5.73 Å². The molecule has 0 aliphatic heterocycles. The predicted molar refractivity (Wildman–Crippen MR) is 78.8 cm³/mol. The van der Waals surface area contributed by atoms with Crippen molar-refractivity contribution in [2.45, 2.75) is 64.8 Å².